The van der Waals surface area contributed by atoms with Crippen molar-refractivity contribution in [3.8, 4) is 0 Å². The molecule has 1 aromatic heterocycles. The SMILES string of the molecule is CCC1(C(=O)NC(CCO[C@H]2C[C@H](CCc3ccc4c(n3)NCCC4)C2)C(=O)O)CCC(F)(F)CC1. The van der Waals surface area contributed by atoms with Crippen molar-refractivity contribution in [1.82, 2.24) is 10.3 Å². The minimum absolute atomic E-state index is 0.0755. The zero-order valence-corrected chi connectivity index (χ0v) is 21.2. The molecule has 1 atom stereocenters. The average Bonchev–Trinajstić information content (AvgIpc) is 2.84. The fourth-order valence-electron chi connectivity index (χ4n) is 5.66. The van der Waals surface area contributed by atoms with Crippen LogP contribution < -0.4 is 10.6 Å². The Balaban J connectivity index is 1.15. The van der Waals surface area contributed by atoms with Crippen LogP contribution in [0.15, 0.2) is 12.1 Å². The van der Waals surface area contributed by atoms with Crippen LogP contribution in [-0.4, -0.2) is 53.2 Å². The van der Waals surface area contributed by atoms with Crippen LogP contribution >= 0.6 is 0 Å². The third-order valence-corrected chi connectivity index (χ3v) is 8.41. The smallest absolute Gasteiger partial charge is 0.326 e. The van der Waals surface area contributed by atoms with Crippen molar-refractivity contribution >= 4 is 17.7 Å². The summed E-state index contributed by atoms with van der Waals surface area (Å²) < 4.78 is 33.1. The van der Waals surface area contributed by atoms with Crippen LogP contribution in [0.5, 0.6) is 0 Å². The van der Waals surface area contributed by atoms with E-state index in [-0.39, 0.29) is 44.8 Å². The van der Waals surface area contributed by atoms with Crippen molar-refractivity contribution in [2.75, 3.05) is 18.5 Å². The number of hydrogen-bond donors (Lipinski definition) is 3. The molecule has 3 N–H and O–H groups in total. The highest BCUT2D eigenvalue weighted by molar-refractivity contribution is 5.87. The predicted molar refractivity (Wildman–Crippen MR) is 132 cm³/mol. The number of ether oxygens (including phenoxy) is 1. The molecule has 9 heteroatoms. The van der Waals surface area contributed by atoms with E-state index in [1.54, 1.807) is 6.92 Å². The zero-order valence-electron chi connectivity index (χ0n) is 21.2. The topological polar surface area (TPSA) is 101 Å². The summed E-state index contributed by atoms with van der Waals surface area (Å²) in [6, 6.07) is 3.23. The minimum atomic E-state index is -2.74. The van der Waals surface area contributed by atoms with Gasteiger partial charge in [-0.2, -0.15) is 0 Å². The maximum atomic E-state index is 13.6. The number of amides is 1. The van der Waals surface area contributed by atoms with Gasteiger partial charge in [-0.05, 0) is 75.3 Å². The molecule has 200 valence electrons. The number of pyridine rings is 1. The summed E-state index contributed by atoms with van der Waals surface area (Å²) in [4.78, 5) is 29.4. The second-order valence-electron chi connectivity index (χ2n) is 10.9. The van der Waals surface area contributed by atoms with E-state index in [1.165, 1.54) is 5.56 Å². The highest BCUT2D eigenvalue weighted by Gasteiger charge is 2.47. The Hall–Kier alpha value is -2.29. The number of nitrogens with zero attached hydrogens (tertiary/aromatic N) is 1. The maximum absolute atomic E-state index is 13.6. The molecule has 0 radical (unpaired) electrons. The average molecular weight is 508 g/mol. The van der Waals surface area contributed by atoms with Crippen molar-refractivity contribution < 1.29 is 28.2 Å². The van der Waals surface area contributed by atoms with Crippen LogP contribution in [0.1, 0.15) is 82.4 Å². The van der Waals surface area contributed by atoms with Crippen molar-refractivity contribution in [2.45, 2.75) is 102 Å². The molecule has 1 amide bonds. The van der Waals surface area contributed by atoms with Gasteiger partial charge in [-0.3, -0.25) is 4.79 Å². The van der Waals surface area contributed by atoms with E-state index < -0.39 is 29.3 Å². The van der Waals surface area contributed by atoms with Gasteiger partial charge in [-0.25, -0.2) is 18.6 Å². The van der Waals surface area contributed by atoms with Gasteiger partial charge in [0.15, 0.2) is 0 Å². The highest BCUT2D eigenvalue weighted by Crippen LogP contribution is 2.45. The molecule has 0 spiro atoms. The number of anilines is 1. The molecule has 36 heavy (non-hydrogen) atoms. The predicted octanol–water partition coefficient (Wildman–Crippen LogP) is 4.73. The lowest BCUT2D eigenvalue weighted by atomic mass is 9.70. The molecule has 1 unspecified atom stereocenters. The highest BCUT2D eigenvalue weighted by atomic mass is 19.3. The van der Waals surface area contributed by atoms with E-state index in [4.69, 9.17) is 9.72 Å². The lowest BCUT2D eigenvalue weighted by Gasteiger charge is -2.39. The molecule has 0 bridgehead atoms. The second kappa shape index (κ2) is 11.4. The van der Waals surface area contributed by atoms with Gasteiger partial charge in [-0.1, -0.05) is 13.0 Å². The van der Waals surface area contributed by atoms with Crippen LogP contribution in [0.25, 0.3) is 0 Å². The third kappa shape index (κ3) is 6.52. The Kier molecular flexibility index (Phi) is 8.48. The summed E-state index contributed by atoms with van der Waals surface area (Å²) in [5.74, 6) is -2.70. The van der Waals surface area contributed by atoms with Gasteiger partial charge in [0.1, 0.15) is 11.9 Å². The number of aromatic nitrogens is 1. The van der Waals surface area contributed by atoms with Gasteiger partial charge in [0.05, 0.1) is 6.10 Å². The zero-order chi connectivity index (χ0) is 25.8. The summed E-state index contributed by atoms with van der Waals surface area (Å²) in [5, 5.41) is 15.6. The number of aryl methyl sites for hydroxylation is 2. The van der Waals surface area contributed by atoms with E-state index in [0.717, 1.165) is 56.6 Å². The van der Waals surface area contributed by atoms with Crippen LogP contribution in [0.2, 0.25) is 0 Å². The molecule has 7 nitrogen and oxygen atoms in total. The summed E-state index contributed by atoms with van der Waals surface area (Å²) in [5.41, 5.74) is 1.49. The first-order chi connectivity index (χ1) is 17.2. The van der Waals surface area contributed by atoms with Gasteiger partial charge >= 0.3 is 5.97 Å². The van der Waals surface area contributed by atoms with E-state index in [2.05, 4.69) is 22.8 Å². The lowest BCUT2D eigenvalue weighted by Crippen LogP contribution is -2.51. The standard InChI is InChI=1S/C27H39F2N3O4/c1-2-26(10-12-27(28,29)13-11-26)25(35)32-22(24(33)34)9-15-36-21-16-18(17-21)5-7-20-8-6-19-4-3-14-30-23(19)31-20/h6,8,18,21-22H,2-5,7,9-17H2,1H3,(H,30,31)(H,32,35)(H,33,34)/t18-,21-,22?. The Morgan fingerprint density at radius 2 is 2.00 bits per heavy atom. The number of carboxylic acid groups (broad SMARTS) is 1. The molecule has 0 saturated heterocycles. The molecular formula is C27H39F2N3O4. The third-order valence-electron chi connectivity index (χ3n) is 8.41. The Morgan fingerprint density at radius 1 is 1.25 bits per heavy atom. The van der Waals surface area contributed by atoms with Crippen molar-refractivity contribution in [3.05, 3.63) is 23.4 Å². The van der Waals surface area contributed by atoms with Crippen LogP contribution in [0.4, 0.5) is 14.6 Å². The maximum Gasteiger partial charge on any atom is 0.326 e. The minimum Gasteiger partial charge on any atom is -0.480 e. The van der Waals surface area contributed by atoms with Crippen LogP contribution in [0.3, 0.4) is 0 Å². The molecule has 4 rings (SSSR count). The fraction of sp³-hybridized carbons (Fsp3) is 0.741. The number of hydrogen-bond acceptors (Lipinski definition) is 5. The van der Waals surface area contributed by atoms with Crippen LogP contribution in [-0.2, 0) is 27.2 Å². The first-order valence-corrected chi connectivity index (χ1v) is 13.5. The molecule has 2 heterocycles. The second-order valence-corrected chi connectivity index (χ2v) is 10.9. The summed E-state index contributed by atoms with van der Waals surface area (Å²) in [6.07, 6.45) is 6.28. The lowest BCUT2D eigenvalue weighted by molar-refractivity contribution is -0.148. The van der Waals surface area contributed by atoms with Crippen LogP contribution in [0, 0.1) is 11.3 Å². The number of halogens is 2. The van der Waals surface area contributed by atoms with Gasteiger partial charge < -0.3 is 20.5 Å². The quantitative estimate of drug-likeness (QED) is 0.400. The van der Waals surface area contributed by atoms with E-state index in [1.807, 2.05) is 0 Å². The number of alkyl halides is 2. The monoisotopic (exact) mass is 507 g/mol. The van der Waals surface area contributed by atoms with Crippen molar-refractivity contribution in [2.24, 2.45) is 11.3 Å². The van der Waals surface area contributed by atoms with E-state index in [0.29, 0.717) is 12.3 Å². The van der Waals surface area contributed by atoms with Gasteiger partial charge in [-0.15, -0.1) is 0 Å². The molecule has 0 aromatic carbocycles. The van der Waals surface area contributed by atoms with Gasteiger partial charge in [0.25, 0.3) is 0 Å². The summed E-state index contributed by atoms with van der Waals surface area (Å²) in [7, 11) is 0. The molecule has 2 fully saturated rings. The first-order valence-electron chi connectivity index (χ1n) is 13.5. The summed E-state index contributed by atoms with van der Waals surface area (Å²) in [6.45, 7) is 3.02. The number of fused-ring (bicyclic) bond motifs is 1. The number of carbonyl (C=O) groups is 2. The Morgan fingerprint density at radius 3 is 2.69 bits per heavy atom. The number of rotatable bonds is 11. The Bertz CT molecular complexity index is 926. The first kappa shape index (κ1) is 26.8. The summed E-state index contributed by atoms with van der Waals surface area (Å²) >= 11 is 0. The number of carboxylic acids is 1. The number of aliphatic carboxylic acids is 1. The largest absolute Gasteiger partial charge is 0.480 e. The molecule has 1 aromatic rings. The molecule has 2 aliphatic carbocycles. The molecule has 3 aliphatic rings. The fourth-order valence-corrected chi connectivity index (χ4v) is 5.66. The number of carbonyl (C=O) groups excluding carboxylic acids is 1. The van der Waals surface area contributed by atoms with Gasteiger partial charge in [0, 0.05) is 43.5 Å². The van der Waals surface area contributed by atoms with Crippen molar-refractivity contribution in [1.29, 1.82) is 0 Å². The Labute approximate surface area is 211 Å². The van der Waals surface area contributed by atoms with Gasteiger partial charge in [0.2, 0.25) is 11.8 Å². The van der Waals surface area contributed by atoms with E-state index in [9.17, 15) is 23.5 Å². The van der Waals surface area contributed by atoms with E-state index >= 15 is 0 Å². The molecular weight excluding hydrogens is 468 g/mol. The molecule has 2 saturated carbocycles. The normalized spacial score (nSPS) is 25.1. The number of nitrogens with one attached hydrogen (secondary N) is 2. The molecule has 1 aliphatic heterocycles. The van der Waals surface area contributed by atoms with Crippen molar-refractivity contribution in [3.63, 3.8) is 0 Å².